The van der Waals surface area contributed by atoms with E-state index < -0.39 is 14.0 Å². The number of rotatable bonds is 4. The Morgan fingerprint density at radius 1 is 0.700 bits per heavy atom. The van der Waals surface area contributed by atoms with Crippen LogP contribution in [-0.2, 0) is 14.0 Å². The third kappa shape index (κ3) is 5.88. The van der Waals surface area contributed by atoms with E-state index in [1.807, 2.05) is 7.76 Å². The molecule has 0 amide bonds. The molecule has 0 unspecified atom stereocenters. The molecule has 0 atom stereocenters. The molecule has 0 radical (unpaired) electrons. The van der Waals surface area contributed by atoms with Crippen LogP contribution in [0.3, 0.4) is 0 Å². The first-order valence-corrected chi connectivity index (χ1v) is 20.0. The topological polar surface area (TPSA) is 0 Å². The fraction of sp³-hybridized carbons (Fsp3) is 0.692. The Bertz CT molecular complexity index is 794. The van der Waals surface area contributed by atoms with Gasteiger partial charge in [-0.05, 0) is 0 Å². The molecule has 0 aromatic rings. The first-order valence-electron chi connectivity index (χ1n) is 11.3. The largest absolute Gasteiger partial charge is 0.147 e. The monoisotopic (exact) mass is 506 g/mol. The average Bonchev–Trinajstić information content (AvgIpc) is 3.12. The first kappa shape index (κ1) is 30.5. The van der Waals surface area contributed by atoms with Crippen molar-refractivity contribution in [1.82, 2.24) is 0 Å². The van der Waals surface area contributed by atoms with E-state index in [9.17, 15) is 0 Å². The summed E-state index contributed by atoms with van der Waals surface area (Å²) in [4.78, 5) is 0. The van der Waals surface area contributed by atoms with Crippen molar-refractivity contribution in [2.75, 3.05) is 0 Å². The Morgan fingerprint density at radius 2 is 0.967 bits per heavy atom. The molecule has 30 heavy (non-hydrogen) atoms. The molecule has 2 aliphatic carbocycles. The van der Waals surface area contributed by atoms with Gasteiger partial charge >= 0.3 is 179 Å². The smallest absolute Gasteiger partial charge is 0.147 e. The van der Waals surface area contributed by atoms with Crippen LogP contribution >= 0.6 is 24.8 Å². The van der Waals surface area contributed by atoms with Crippen molar-refractivity contribution in [2.24, 2.45) is 22.7 Å². The summed E-state index contributed by atoms with van der Waals surface area (Å²) in [7, 11) is 2.43. The Balaban J connectivity index is 0.00000420. The standard InChI is InChI=1S/2C12H19.2CH3.2ClH.H2Si.Ti/c2*1-9(2)10-6-7-11(8-10)12(3,4)5;;;;;;/h2*8-9H,6H2,1-5H3;2*1H3;2*1H;1H2;. The average molecular weight is 508 g/mol. The van der Waals surface area contributed by atoms with Gasteiger partial charge in [0.05, 0.1) is 0 Å². The van der Waals surface area contributed by atoms with Gasteiger partial charge in [-0.15, -0.1) is 24.8 Å². The summed E-state index contributed by atoms with van der Waals surface area (Å²) in [6.07, 6.45) is 7.62. The molecule has 4 heteroatoms. The van der Waals surface area contributed by atoms with Crippen LogP contribution in [0.1, 0.15) is 82.1 Å². The van der Waals surface area contributed by atoms with Crippen LogP contribution in [0.5, 0.6) is 0 Å². The summed E-state index contributed by atoms with van der Waals surface area (Å²) in [6, 6.07) is 0. The van der Waals surface area contributed by atoms with Crippen LogP contribution in [0.4, 0.5) is 0 Å². The third-order valence-corrected chi connectivity index (χ3v) is 18.1. The summed E-state index contributed by atoms with van der Waals surface area (Å²) in [6.45, 7) is 24.0. The fourth-order valence-corrected chi connectivity index (χ4v) is 14.6. The van der Waals surface area contributed by atoms with Crippen molar-refractivity contribution >= 4 is 32.4 Å². The van der Waals surface area contributed by atoms with E-state index in [1.54, 1.807) is 22.3 Å². The van der Waals surface area contributed by atoms with Crippen LogP contribution in [0.2, 0.25) is 10.5 Å². The van der Waals surface area contributed by atoms with Gasteiger partial charge in [0.15, 0.2) is 0 Å². The molecule has 2 rings (SSSR count). The summed E-state index contributed by atoms with van der Waals surface area (Å²) in [5, 5.41) is 5.43. The first-order chi connectivity index (χ1) is 12.3. The molecular weight excluding hydrogens is 459 g/mol. The van der Waals surface area contributed by atoms with E-state index in [-0.39, 0.29) is 35.6 Å². The van der Waals surface area contributed by atoms with Gasteiger partial charge in [0.2, 0.25) is 0 Å². The zero-order chi connectivity index (χ0) is 21.9. The molecule has 0 spiro atoms. The maximum atomic E-state index is 2.71. The molecule has 174 valence electrons. The molecule has 0 bridgehead atoms. The molecule has 0 aliphatic heterocycles. The van der Waals surface area contributed by atoms with Gasteiger partial charge in [-0.3, -0.25) is 0 Å². The fourth-order valence-electron chi connectivity index (χ4n) is 4.94. The molecule has 0 fully saturated rings. The number of hydrogen-bond acceptors (Lipinski definition) is 0. The predicted octanol–water partition coefficient (Wildman–Crippen LogP) is 8.74. The Morgan fingerprint density at radius 3 is 1.17 bits per heavy atom. The molecule has 2 aliphatic rings. The van der Waals surface area contributed by atoms with E-state index >= 15 is 0 Å². The van der Waals surface area contributed by atoms with Gasteiger partial charge in [0, 0.05) is 0 Å². The third-order valence-electron chi connectivity index (χ3n) is 7.11. The van der Waals surface area contributed by atoms with Gasteiger partial charge < -0.3 is 0 Å². The second-order valence-corrected chi connectivity index (χ2v) is 32.1. The van der Waals surface area contributed by atoms with E-state index in [0.717, 1.165) is 0 Å². The van der Waals surface area contributed by atoms with Gasteiger partial charge in [-0.2, -0.15) is 0 Å². The molecular formula is C26H48Cl2SiTi. The zero-order valence-corrected chi connectivity index (χ0v) is 26.4. The van der Waals surface area contributed by atoms with Gasteiger partial charge in [0.25, 0.3) is 0 Å². The van der Waals surface area contributed by atoms with Crippen molar-refractivity contribution in [2.45, 2.75) is 92.5 Å². The molecule has 0 N–H and O–H groups in total. The van der Waals surface area contributed by atoms with E-state index in [0.29, 0.717) is 11.8 Å². The zero-order valence-electron chi connectivity index (χ0n) is 21.7. The van der Waals surface area contributed by atoms with Crippen molar-refractivity contribution in [1.29, 1.82) is 0 Å². The quantitative estimate of drug-likeness (QED) is 0.334. The minimum absolute atomic E-state index is 0. The minimum Gasteiger partial charge on any atom is -0.147 e. The maximum Gasteiger partial charge on any atom is -0.147 e. The maximum absolute atomic E-state index is 3.03. The molecule has 0 saturated carbocycles. The SMILES string of the molecule is CC(C)C1=CC(C(C)(C)C)=[C]([Ti]([CH3])([CH3])(=[SiH2])[C]2=C(C(C)(C)C)C=C(C(C)C)C2)C1.Cl.Cl. The van der Waals surface area contributed by atoms with Crippen molar-refractivity contribution in [3.05, 3.63) is 42.2 Å². The van der Waals surface area contributed by atoms with Gasteiger partial charge in [-0.1, -0.05) is 0 Å². The van der Waals surface area contributed by atoms with Crippen LogP contribution in [0.25, 0.3) is 0 Å². The van der Waals surface area contributed by atoms with Crippen molar-refractivity contribution in [3.8, 4) is 0 Å². The van der Waals surface area contributed by atoms with Crippen molar-refractivity contribution in [3.63, 3.8) is 0 Å². The van der Waals surface area contributed by atoms with E-state index in [4.69, 9.17) is 0 Å². The minimum atomic E-state index is -3.03. The van der Waals surface area contributed by atoms with Gasteiger partial charge in [0.1, 0.15) is 0 Å². The number of halogens is 2. The Labute approximate surface area is 202 Å². The van der Waals surface area contributed by atoms with Crippen LogP contribution in [-0.4, -0.2) is 7.63 Å². The summed E-state index contributed by atoms with van der Waals surface area (Å²) >= 11 is -3.03. The Hall–Kier alpha value is 0.471. The normalized spacial score (nSPS) is 18.6. The van der Waals surface area contributed by atoms with Crippen LogP contribution in [0.15, 0.2) is 42.2 Å². The molecule has 0 aromatic carbocycles. The van der Waals surface area contributed by atoms with Crippen LogP contribution in [0, 0.1) is 22.7 Å². The Kier molecular flexibility index (Phi) is 9.53. The molecule has 0 heterocycles. The summed E-state index contributed by atoms with van der Waals surface area (Å²) < 4.78 is 3.70. The van der Waals surface area contributed by atoms with E-state index in [2.05, 4.69) is 99.5 Å². The van der Waals surface area contributed by atoms with Crippen LogP contribution < -0.4 is 0 Å². The molecule has 0 aromatic heterocycles. The summed E-state index contributed by atoms with van der Waals surface area (Å²) in [5.41, 5.74) is 7.06. The van der Waals surface area contributed by atoms with E-state index in [1.165, 1.54) is 12.8 Å². The number of allylic oxidation sites excluding steroid dienone is 8. The van der Waals surface area contributed by atoms with Gasteiger partial charge in [-0.25, -0.2) is 0 Å². The molecule has 0 saturated heterocycles. The second kappa shape index (κ2) is 9.38. The van der Waals surface area contributed by atoms with Crippen molar-refractivity contribution < 1.29 is 14.0 Å². The summed E-state index contributed by atoms with van der Waals surface area (Å²) in [5.74, 6) is 1.29. The predicted molar refractivity (Wildman–Crippen MR) is 143 cm³/mol. The second-order valence-electron chi connectivity index (χ2n) is 13.1. The number of hydrogen-bond donors (Lipinski definition) is 0. The molecule has 0 nitrogen and oxygen atoms in total.